The first-order chi connectivity index (χ1) is 8.53. The molecule has 0 radical (unpaired) electrons. The molecule has 1 heterocycles. The van der Waals surface area contributed by atoms with Gasteiger partial charge in [0, 0.05) is 6.07 Å². The van der Waals surface area contributed by atoms with E-state index in [9.17, 15) is 4.79 Å². The average molecular weight is 310 g/mol. The lowest BCUT2D eigenvalue weighted by Crippen LogP contribution is -2.25. The van der Waals surface area contributed by atoms with E-state index < -0.39 is 5.60 Å². The first-order valence-corrected chi connectivity index (χ1v) is 6.18. The number of nitrogens with zero attached hydrogens (tertiary/aromatic N) is 1. The highest BCUT2D eigenvalue weighted by atomic mass is 79.9. The second-order valence-electron chi connectivity index (χ2n) is 4.28. The Morgan fingerprint density at radius 3 is 2.72 bits per heavy atom. The third kappa shape index (κ3) is 2.61. The van der Waals surface area contributed by atoms with Gasteiger partial charge in [-0.3, -0.25) is 4.79 Å². The van der Waals surface area contributed by atoms with Gasteiger partial charge < -0.3 is 9.26 Å². The summed E-state index contributed by atoms with van der Waals surface area (Å²) in [5.74, 6) is 1.10. The number of aromatic nitrogens is 1. The number of hydrogen-bond acceptors (Lipinski definition) is 4. The summed E-state index contributed by atoms with van der Waals surface area (Å²) in [5, 5.41) is 3.76. The van der Waals surface area contributed by atoms with Gasteiger partial charge in [-0.2, -0.15) is 0 Å². The molecule has 0 fully saturated rings. The van der Waals surface area contributed by atoms with Crippen LogP contribution >= 0.6 is 15.9 Å². The van der Waals surface area contributed by atoms with Crippen molar-refractivity contribution in [2.75, 3.05) is 0 Å². The third-order valence-electron chi connectivity index (χ3n) is 2.49. The minimum absolute atomic E-state index is 0.504. The Kier molecular flexibility index (Phi) is 3.52. The molecule has 0 aliphatic rings. The molecular formula is C13H12BrNO3. The van der Waals surface area contributed by atoms with E-state index in [1.165, 1.54) is 0 Å². The van der Waals surface area contributed by atoms with Crippen molar-refractivity contribution in [2.24, 2.45) is 0 Å². The molecule has 0 unspecified atom stereocenters. The highest BCUT2D eigenvalue weighted by Crippen LogP contribution is 2.30. The molecule has 0 saturated carbocycles. The van der Waals surface area contributed by atoms with Crippen molar-refractivity contribution in [3.8, 4) is 5.75 Å². The van der Waals surface area contributed by atoms with Crippen molar-refractivity contribution in [3.63, 3.8) is 0 Å². The van der Waals surface area contributed by atoms with Crippen LogP contribution in [-0.4, -0.2) is 11.4 Å². The molecule has 0 spiro atoms. The van der Waals surface area contributed by atoms with Crippen LogP contribution in [0.3, 0.4) is 0 Å². The fourth-order valence-electron chi connectivity index (χ4n) is 1.53. The van der Waals surface area contributed by atoms with Crippen LogP contribution in [0.25, 0.3) is 0 Å². The fraction of sp³-hybridized carbons (Fsp3) is 0.231. The number of ether oxygens (including phenoxy) is 1. The van der Waals surface area contributed by atoms with Gasteiger partial charge >= 0.3 is 0 Å². The summed E-state index contributed by atoms with van der Waals surface area (Å²) in [6.07, 6.45) is 0.766. The van der Waals surface area contributed by atoms with Crippen LogP contribution in [0, 0.1) is 0 Å². The van der Waals surface area contributed by atoms with E-state index in [0.29, 0.717) is 21.7 Å². The summed E-state index contributed by atoms with van der Waals surface area (Å²) >= 11 is 3.22. The number of carbonyl (C=O) groups is 1. The van der Waals surface area contributed by atoms with Gasteiger partial charge in [-0.05, 0) is 41.9 Å². The minimum Gasteiger partial charge on any atom is -0.479 e. The topological polar surface area (TPSA) is 52.3 Å². The van der Waals surface area contributed by atoms with Crippen molar-refractivity contribution >= 4 is 22.2 Å². The zero-order chi connectivity index (χ0) is 13.2. The zero-order valence-corrected chi connectivity index (χ0v) is 11.6. The molecule has 0 aliphatic heterocycles. The van der Waals surface area contributed by atoms with Crippen molar-refractivity contribution in [3.05, 3.63) is 46.3 Å². The summed E-state index contributed by atoms with van der Waals surface area (Å²) in [4.78, 5) is 10.9. The molecule has 1 aromatic heterocycles. The quantitative estimate of drug-likeness (QED) is 0.810. The Balaban J connectivity index is 2.30. The molecule has 94 valence electrons. The van der Waals surface area contributed by atoms with E-state index >= 15 is 0 Å². The number of hydrogen-bond donors (Lipinski definition) is 0. The highest BCUT2D eigenvalue weighted by Gasteiger charge is 2.28. The van der Waals surface area contributed by atoms with Crippen LogP contribution in [0.4, 0.5) is 0 Å². The van der Waals surface area contributed by atoms with Crippen LogP contribution in [-0.2, 0) is 5.60 Å². The molecule has 0 amide bonds. The van der Waals surface area contributed by atoms with Gasteiger partial charge in [0.25, 0.3) is 0 Å². The molecular weight excluding hydrogens is 298 g/mol. The van der Waals surface area contributed by atoms with E-state index in [0.717, 1.165) is 6.29 Å². The van der Waals surface area contributed by atoms with E-state index in [-0.39, 0.29) is 0 Å². The lowest BCUT2D eigenvalue weighted by atomic mass is 10.1. The first-order valence-electron chi connectivity index (χ1n) is 5.39. The van der Waals surface area contributed by atoms with Crippen LogP contribution in [0.5, 0.6) is 5.75 Å². The van der Waals surface area contributed by atoms with E-state index in [2.05, 4.69) is 21.1 Å². The van der Waals surface area contributed by atoms with Gasteiger partial charge in [0.05, 0.1) is 5.56 Å². The van der Waals surface area contributed by atoms with Crippen LogP contribution in [0.15, 0.2) is 39.5 Å². The maximum atomic E-state index is 10.9. The Hall–Kier alpha value is -1.62. The van der Waals surface area contributed by atoms with Gasteiger partial charge in [-0.15, -0.1) is 0 Å². The SMILES string of the molecule is CC(C)(Oc1ccccc1C=O)c1cc(Br)no1. The van der Waals surface area contributed by atoms with Gasteiger partial charge in [-0.1, -0.05) is 17.3 Å². The second kappa shape index (κ2) is 4.94. The van der Waals surface area contributed by atoms with Gasteiger partial charge in [0.2, 0.25) is 0 Å². The van der Waals surface area contributed by atoms with Crippen LogP contribution in [0.1, 0.15) is 30.0 Å². The zero-order valence-electron chi connectivity index (χ0n) is 10.0. The number of aldehydes is 1. The van der Waals surface area contributed by atoms with Gasteiger partial charge in [0.15, 0.2) is 17.6 Å². The predicted octanol–water partition coefficient (Wildman–Crippen LogP) is 3.56. The van der Waals surface area contributed by atoms with Gasteiger partial charge in [-0.25, -0.2) is 0 Å². The van der Waals surface area contributed by atoms with Crippen molar-refractivity contribution in [2.45, 2.75) is 19.4 Å². The second-order valence-corrected chi connectivity index (χ2v) is 5.09. The molecule has 18 heavy (non-hydrogen) atoms. The minimum atomic E-state index is -0.710. The van der Waals surface area contributed by atoms with Crippen LogP contribution in [0.2, 0.25) is 0 Å². The maximum absolute atomic E-state index is 10.9. The largest absolute Gasteiger partial charge is 0.479 e. The molecule has 0 aliphatic carbocycles. The van der Waals surface area contributed by atoms with Crippen molar-refractivity contribution < 1.29 is 14.1 Å². The van der Waals surface area contributed by atoms with Crippen molar-refractivity contribution in [1.82, 2.24) is 5.16 Å². The number of carbonyl (C=O) groups excluding carboxylic acids is 1. The van der Waals surface area contributed by atoms with Crippen molar-refractivity contribution in [1.29, 1.82) is 0 Å². The molecule has 2 rings (SSSR count). The summed E-state index contributed by atoms with van der Waals surface area (Å²) in [6.45, 7) is 3.70. The summed E-state index contributed by atoms with van der Waals surface area (Å²) in [7, 11) is 0. The molecule has 1 aromatic carbocycles. The molecule has 0 atom stereocenters. The average Bonchev–Trinajstić information content (AvgIpc) is 2.77. The Morgan fingerprint density at radius 2 is 2.11 bits per heavy atom. The first kappa shape index (κ1) is 12.8. The number of halogens is 1. The molecule has 0 saturated heterocycles. The molecule has 4 nitrogen and oxygen atoms in total. The number of para-hydroxylation sites is 1. The maximum Gasteiger partial charge on any atom is 0.180 e. The van der Waals surface area contributed by atoms with Crippen LogP contribution < -0.4 is 4.74 Å². The standard InChI is InChI=1S/C13H12BrNO3/c1-13(2,11-7-12(14)15-18-11)17-10-6-4-3-5-9(10)8-16/h3-8H,1-2H3. The Labute approximate surface area is 113 Å². The summed E-state index contributed by atoms with van der Waals surface area (Å²) in [5.41, 5.74) is -0.206. The monoisotopic (exact) mass is 309 g/mol. The Morgan fingerprint density at radius 1 is 1.39 bits per heavy atom. The summed E-state index contributed by atoms with van der Waals surface area (Å²) in [6, 6.07) is 8.79. The summed E-state index contributed by atoms with van der Waals surface area (Å²) < 4.78 is 11.6. The molecule has 0 N–H and O–H groups in total. The highest BCUT2D eigenvalue weighted by molar-refractivity contribution is 9.10. The lowest BCUT2D eigenvalue weighted by Gasteiger charge is -2.24. The lowest BCUT2D eigenvalue weighted by molar-refractivity contribution is 0.0734. The number of rotatable bonds is 4. The molecule has 2 aromatic rings. The molecule has 5 heteroatoms. The Bertz CT molecular complexity index is 563. The van der Waals surface area contributed by atoms with E-state index in [1.807, 2.05) is 19.9 Å². The fourth-order valence-corrected chi connectivity index (χ4v) is 1.81. The number of benzene rings is 1. The smallest absolute Gasteiger partial charge is 0.180 e. The van der Waals surface area contributed by atoms with E-state index in [1.54, 1.807) is 24.3 Å². The normalized spacial score (nSPS) is 11.3. The van der Waals surface area contributed by atoms with E-state index in [4.69, 9.17) is 9.26 Å². The molecule has 0 bridgehead atoms. The predicted molar refractivity (Wildman–Crippen MR) is 69.7 cm³/mol. The van der Waals surface area contributed by atoms with Gasteiger partial charge in [0.1, 0.15) is 10.4 Å². The third-order valence-corrected chi connectivity index (χ3v) is 2.86.